The summed E-state index contributed by atoms with van der Waals surface area (Å²) in [5, 5.41) is 2.25. The molecular formula is C18H15NO2S. The summed E-state index contributed by atoms with van der Waals surface area (Å²) in [6, 6.07) is 16.2. The zero-order chi connectivity index (χ0) is 15.4. The van der Waals surface area contributed by atoms with Crippen LogP contribution in [0.15, 0.2) is 66.1 Å². The van der Waals surface area contributed by atoms with Crippen LogP contribution in [0, 0.1) is 0 Å². The molecule has 0 N–H and O–H groups in total. The molecular weight excluding hydrogens is 294 g/mol. The lowest BCUT2D eigenvalue weighted by Gasteiger charge is -2.10. The van der Waals surface area contributed by atoms with Gasteiger partial charge >= 0.3 is 5.97 Å². The number of thioether (sulfide) groups is 1. The molecule has 3 aromatic rings. The maximum Gasteiger partial charge on any atom is 0.330 e. The fourth-order valence-electron chi connectivity index (χ4n) is 2.30. The van der Waals surface area contributed by atoms with Crippen LogP contribution in [0.5, 0.6) is 0 Å². The first-order valence-corrected chi connectivity index (χ1v) is 7.97. The zero-order valence-electron chi connectivity index (χ0n) is 12.0. The highest BCUT2D eigenvalue weighted by Crippen LogP contribution is 2.33. The van der Waals surface area contributed by atoms with Crippen molar-refractivity contribution in [2.45, 2.75) is 4.90 Å². The number of rotatable bonds is 5. The van der Waals surface area contributed by atoms with Gasteiger partial charge in [-0.2, -0.15) is 0 Å². The summed E-state index contributed by atoms with van der Waals surface area (Å²) in [4.78, 5) is 17.0. The second-order valence-electron chi connectivity index (χ2n) is 4.70. The molecule has 0 aliphatic carbocycles. The van der Waals surface area contributed by atoms with Gasteiger partial charge in [-0.15, -0.1) is 11.8 Å². The van der Waals surface area contributed by atoms with Gasteiger partial charge in [0.1, 0.15) is 6.61 Å². The standard InChI is InChI=1S/C18H15NO2S/c1-2-17(20)21-11-12-22-18-13-7-3-5-9-15(13)19-16-10-6-4-8-14(16)18/h2-10H,1,11-12H2. The lowest BCUT2D eigenvalue weighted by Crippen LogP contribution is -2.03. The lowest BCUT2D eigenvalue weighted by atomic mass is 10.1. The molecule has 0 bridgehead atoms. The van der Waals surface area contributed by atoms with Crippen LogP contribution in [0.2, 0.25) is 0 Å². The van der Waals surface area contributed by atoms with Crippen molar-refractivity contribution in [1.82, 2.24) is 4.98 Å². The van der Waals surface area contributed by atoms with Crippen LogP contribution in [-0.2, 0) is 9.53 Å². The molecule has 0 aliphatic rings. The third-order valence-corrected chi connectivity index (χ3v) is 4.38. The zero-order valence-corrected chi connectivity index (χ0v) is 12.8. The van der Waals surface area contributed by atoms with Gasteiger partial charge in [0, 0.05) is 27.5 Å². The van der Waals surface area contributed by atoms with Gasteiger partial charge in [0.2, 0.25) is 0 Å². The van der Waals surface area contributed by atoms with E-state index >= 15 is 0 Å². The SMILES string of the molecule is C=CC(=O)OCCSc1c2ccccc2nc2ccccc12. The average molecular weight is 309 g/mol. The predicted molar refractivity (Wildman–Crippen MR) is 91.1 cm³/mol. The van der Waals surface area contributed by atoms with E-state index in [9.17, 15) is 4.79 Å². The van der Waals surface area contributed by atoms with Crippen molar-refractivity contribution in [2.24, 2.45) is 0 Å². The number of nitrogens with zero attached hydrogens (tertiary/aromatic N) is 1. The molecule has 3 rings (SSSR count). The Morgan fingerprint density at radius 3 is 2.27 bits per heavy atom. The van der Waals surface area contributed by atoms with Crippen LogP contribution in [0.3, 0.4) is 0 Å². The molecule has 0 unspecified atom stereocenters. The van der Waals surface area contributed by atoms with E-state index in [2.05, 4.69) is 18.7 Å². The molecule has 0 spiro atoms. The number of pyridine rings is 1. The van der Waals surface area contributed by atoms with Crippen molar-refractivity contribution < 1.29 is 9.53 Å². The molecule has 0 atom stereocenters. The maximum absolute atomic E-state index is 11.1. The normalized spacial score (nSPS) is 10.7. The first-order valence-electron chi connectivity index (χ1n) is 6.99. The minimum Gasteiger partial charge on any atom is -0.462 e. The van der Waals surface area contributed by atoms with E-state index in [1.165, 1.54) is 11.0 Å². The van der Waals surface area contributed by atoms with E-state index < -0.39 is 0 Å². The molecule has 2 aromatic carbocycles. The largest absolute Gasteiger partial charge is 0.462 e. The van der Waals surface area contributed by atoms with Gasteiger partial charge in [0.25, 0.3) is 0 Å². The number of carbonyl (C=O) groups is 1. The molecule has 0 amide bonds. The number of aromatic nitrogens is 1. The van der Waals surface area contributed by atoms with Gasteiger partial charge in [-0.05, 0) is 12.1 Å². The lowest BCUT2D eigenvalue weighted by molar-refractivity contribution is -0.137. The van der Waals surface area contributed by atoms with Crippen molar-refractivity contribution in [3.63, 3.8) is 0 Å². The molecule has 1 heterocycles. The van der Waals surface area contributed by atoms with Crippen LogP contribution in [0.4, 0.5) is 0 Å². The number of esters is 1. The van der Waals surface area contributed by atoms with Gasteiger partial charge in [-0.25, -0.2) is 9.78 Å². The Balaban J connectivity index is 1.94. The summed E-state index contributed by atoms with van der Waals surface area (Å²) in [5.74, 6) is 0.308. The van der Waals surface area contributed by atoms with E-state index in [0.29, 0.717) is 12.4 Å². The van der Waals surface area contributed by atoms with Crippen LogP contribution in [0.1, 0.15) is 0 Å². The molecule has 4 heteroatoms. The summed E-state index contributed by atoms with van der Waals surface area (Å²) < 4.78 is 5.04. The van der Waals surface area contributed by atoms with Gasteiger partial charge in [-0.1, -0.05) is 43.0 Å². The van der Waals surface area contributed by atoms with Crippen molar-refractivity contribution in [2.75, 3.05) is 12.4 Å². The Hall–Kier alpha value is -2.33. The summed E-state index contributed by atoms with van der Waals surface area (Å²) in [6.07, 6.45) is 1.18. The van der Waals surface area contributed by atoms with Gasteiger partial charge < -0.3 is 4.74 Å². The Labute approximate surface area is 133 Å². The number of para-hydroxylation sites is 2. The summed E-state index contributed by atoms with van der Waals surface area (Å²) in [7, 11) is 0. The quantitative estimate of drug-likeness (QED) is 0.233. The number of ether oxygens (including phenoxy) is 1. The fraction of sp³-hybridized carbons (Fsp3) is 0.111. The molecule has 1 aromatic heterocycles. The third kappa shape index (κ3) is 2.97. The molecule has 3 nitrogen and oxygen atoms in total. The number of hydrogen-bond donors (Lipinski definition) is 0. The van der Waals surface area contributed by atoms with Gasteiger partial charge in [-0.3, -0.25) is 0 Å². The highest BCUT2D eigenvalue weighted by atomic mass is 32.2. The first-order chi connectivity index (χ1) is 10.8. The maximum atomic E-state index is 11.1. The molecule has 0 saturated heterocycles. The molecule has 110 valence electrons. The predicted octanol–water partition coefficient (Wildman–Crippen LogP) is 4.21. The van der Waals surface area contributed by atoms with Crippen molar-refractivity contribution in [3.8, 4) is 0 Å². The average Bonchev–Trinajstić information content (AvgIpc) is 2.57. The highest BCUT2D eigenvalue weighted by molar-refractivity contribution is 7.99. The molecule has 0 aliphatic heterocycles. The molecule has 0 saturated carbocycles. The summed E-state index contributed by atoms with van der Waals surface area (Å²) in [6.45, 7) is 3.75. The Morgan fingerprint density at radius 2 is 1.68 bits per heavy atom. The summed E-state index contributed by atoms with van der Waals surface area (Å²) >= 11 is 1.68. The van der Waals surface area contributed by atoms with E-state index in [-0.39, 0.29) is 5.97 Å². The van der Waals surface area contributed by atoms with Crippen LogP contribution in [0.25, 0.3) is 21.8 Å². The van der Waals surface area contributed by atoms with Gasteiger partial charge in [0.15, 0.2) is 0 Å². The van der Waals surface area contributed by atoms with Crippen molar-refractivity contribution in [3.05, 3.63) is 61.2 Å². The molecule has 22 heavy (non-hydrogen) atoms. The topological polar surface area (TPSA) is 39.2 Å². The summed E-state index contributed by atoms with van der Waals surface area (Å²) in [5.41, 5.74) is 1.96. The smallest absolute Gasteiger partial charge is 0.330 e. The second kappa shape index (κ2) is 6.62. The van der Waals surface area contributed by atoms with Crippen LogP contribution in [-0.4, -0.2) is 23.3 Å². The minimum absolute atomic E-state index is 0.362. The van der Waals surface area contributed by atoms with Crippen LogP contribution >= 0.6 is 11.8 Å². The Bertz CT molecular complexity index is 791. The van der Waals surface area contributed by atoms with Crippen molar-refractivity contribution in [1.29, 1.82) is 0 Å². The van der Waals surface area contributed by atoms with E-state index in [1.54, 1.807) is 11.8 Å². The molecule has 0 fully saturated rings. The number of hydrogen-bond acceptors (Lipinski definition) is 4. The third-order valence-electron chi connectivity index (χ3n) is 3.28. The monoisotopic (exact) mass is 309 g/mol. The first kappa shape index (κ1) is 14.6. The number of carbonyl (C=O) groups excluding carboxylic acids is 1. The number of benzene rings is 2. The molecule has 0 radical (unpaired) electrons. The second-order valence-corrected chi connectivity index (χ2v) is 5.80. The minimum atomic E-state index is -0.384. The number of fused-ring (bicyclic) bond motifs is 2. The fourth-order valence-corrected chi connectivity index (χ4v) is 3.33. The van der Waals surface area contributed by atoms with E-state index in [1.807, 2.05) is 36.4 Å². The van der Waals surface area contributed by atoms with Crippen LogP contribution < -0.4 is 0 Å². The van der Waals surface area contributed by atoms with E-state index in [0.717, 1.165) is 21.8 Å². The van der Waals surface area contributed by atoms with Gasteiger partial charge in [0.05, 0.1) is 11.0 Å². The Morgan fingerprint density at radius 1 is 1.09 bits per heavy atom. The van der Waals surface area contributed by atoms with Crippen molar-refractivity contribution >= 4 is 39.5 Å². The van der Waals surface area contributed by atoms with E-state index in [4.69, 9.17) is 9.72 Å². The Kier molecular flexibility index (Phi) is 4.39. The highest BCUT2D eigenvalue weighted by Gasteiger charge is 2.09.